The molecule has 1 aliphatic heterocycles. The number of hydrogen-bond donors (Lipinski definition) is 1. The molecule has 3 rings (SSSR count). The average molecular weight is 319 g/mol. The van der Waals surface area contributed by atoms with Crippen LogP contribution in [0.1, 0.15) is 28.8 Å². The van der Waals surface area contributed by atoms with Crippen LogP contribution in [0.15, 0.2) is 60.7 Å². The van der Waals surface area contributed by atoms with Crippen molar-refractivity contribution in [2.75, 3.05) is 13.1 Å². The first-order valence-electron chi connectivity index (χ1n) is 8.26. The molecule has 2 aromatic rings. The molecule has 1 fully saturated rings. The molecule has 1 heterocycles. The summed E-state index contributed by atoms with van der Waals surface area (Å²) in [7, 11) is 0. The van der Waals surface area contributed by atoms with E-state index in [1.807, 2.05) is 36.4 Å². The molecule has 0 bridgehead atoms. The second kappa shape index (κ2) is 7.29. The summed E-state index contributed by atoms with van der Waals surface area (Å²) in [6, 6.07) is 21.7. The van der Waals surface area contributed by atoms with Crippen LogP contribution in [0.5, 0.6) is 0 Å². The first kappa shape index (κ1) is 16.2. The van der Waals surface area contributed by atoms with Crippen molar-refractivity contribution in [3.05, 3.63) is 71.8 Å². The lowest BCUT2D eigenvalue weighted by molar-refractivity contribution is 0.0866. The molecule has 0 atom stereocenters. The predicted molar refractivity (Wildman–Crippen MR) is 93.2 cm³/mol. The van der Waals surface area contributed by atoms with Crippen molar-refractivity contribution < 1.29 is 4.79 Å². The first-order valence-corrected chi connectivity index (χ1v) is 8.26. The molecule has 24 heavy (non-hydrogen) atoms. The van der Waals surface area contributed by atoms with E-state index in [0.717, 1.165) is 19.6 Å². The Labute approximate surface area is 142 Å². The number of benzene rings is 2. The molecular formula is C20H21N3O. The fraction of sp³-hybridized carbons (Fsp3) is 0.300. The molecule has 1 aliphatic rings. The van der Waals surface area contributed by atoms with Crippen molar-refractivity contribution in [1.82, 2.24) is 10.2 Å². The molecule has 0 spiro atoms. The zero-order chi connectivity index (χ0) is 16.8. The Kier molecular flexibility index (Phi) is 4.93. The third-order valence-corrected chi connectivity index (χ3v) is 4.56. The molecule has 122 valence electrons. The van der Waals surface area contributed by atoms with Gasteiger partial charge in [0.25, 0.3) is 5.91 Å². The van der Waals surface area contributed by atoms with Crippen LogP contribution in [0.3, 0.4) is 0 Å². The molecule has 4 nitrogen and oxygen atoms in total. The Morgan fingerprint density at radius 1 is 1.04 bits per heavy atom. The summed E-state index contributed by atoms with van der Waals surface area (Å²) < 4.78 is 0. The second-order valence-corrected chi connectivity index (χ2v) is 6.28. The normalized spacial score (nSPS) is 17.0. The monoisotopic (exact) mass is 319 g/mol. The SMILES string of the molecule is N#CC1(NC(=O)c2ccccc2)CCN(Cc2ccccc2)CC1. The summed E-state index contributed by atoms with van der Waals surface area (Å²) in [6.45, 7) is 2.49. The van der Waals surface area contributed by atoms with Gasteiger partial charge in [-0.2, -0.15) is 5.26 Å². The van der Waals surface area contributed by atoms with Gasteiger partial charge in [0.1, 0.15) is 5.54 Å². The number of amides is 1. The summed E-state index contributed by atoms with van der Waals surface area (Å²) >= 11 is 0. The van der Waals surface area contributed by atoms with Gasteiger partial charge in [-0.25, -0.2) is 0 Å². The number of nitrogens with zero attached hydrogens (tertiary/aromatic N) is 2. The van der Waals surface area contributed by atoms with Crippen LogP contribution in [-0.2, 0) is 6.54 Å². The Balaban J connectivity index is 1.60. The number of hydrogen-bond acceptors (Lipinski definition) is 3. The molecule has 1 saturated heterocycles. The predicted octanol–water partition coefficient (Wildman–Crippen LogP) is 2.97. The summed E-state index contributed by atoms with van der Waals surface area (Å²) in [5.41, 5.74) is 1.11. The molecule has 0 aliphatic carbocycles. The number of piperidine rings is 1. The highest BCUT2D eigenvalue weighted by molar-refractivity contribution is 5.94. The minimum absolute atomic E-state index is 0.173. The van der Waals surface area contributed by atoms with Crippen LogP contribution in [0.4, 0.5) is 0 Å². The van der Waals surface area contributed by atoms with Crippen LogP contribution in [0, 0.1) is 11.3 Å². The number of likely N-dealkylation sites (tertiary alicyclic amines) is 1. The lowest BCUT2D eigenvalue weighted by Gasteiger charge is -2.37. The van der Waals surface area contributed by atoms with E-state index >= 15 is 0 Å². The van der Waals surface area contributed by atoms with Crippen LogP contribution in [0.25, 0.3) is 0 Å². The van der Waals surface area contributed by atoms with Crippen molar-refractivity contribution >= 4 is 5.91 Å². The fourth-order valence-corrected chi connectivity index (χ4v) is 3.08. The maximum Gasteiger partial charge on any atom is 0.252 e. The third-order valence-electron chi connectivity index (χ3n) is 4.56. The van der Waals surface area contributed by atoms with Gasteiger partial charge in [0.05, 0.1) is 6.07 Å². The Morgan fingerprint density at radius 3 is 2.21 bits per heavy atom. The Morgan fingerprint density at radius 2 is 1.62 bits per heavy atom. The van der Waals surface area contributed by atoms with Gasteiger partial charge >= 0.3 is 0 Å². The molecule has 0 aromatic heterocycles. The third kappa shape index (κ3) is 3.81. The lowest BCUT2D eigenvalue weighted by atomic mass is 9.88. The zero-order valence-electron chi connectivity index (χ0n) is 13.6. The molecule has 1 N–H and O–H groups in total. The minimum Gasteiger partial charge on any atom is -0.334 e. The highest BCUT2D eigenvalue weighted by Gasteiger charge is 2.36. The van der Waals surface area contributed by atoms with Crippen molar-refractivity contribution in [3.63, 3.8) is 0 Å². The van der Waals surface area contributed by atoms with Gasteiger partial charge in [-0.3, -0.25) is 9.69 Å². The lowest BCUT2D eigenvalue weighted by Crippen LogP contribution is -2.54. The number of carbonyl (C=O) groups is 1. The van der Waals surface area contributed by atoms with Crippen molar-refractivity contribution in [2.24, 2.45) is 0 Å². The molecular weight excluding hydrogens is 298 g/mol. The largest absolute Gasteiger partial charge is 0.334 e. The second-order valence-electron chi connectivity index (χ2n) is 6.28. The van der Waals surface area contributed by atoms with E-state index in [1.165, 1.54) is 5.56 Å². The fourth-order valence-electron chi connectivity index (χ4n) is 3.08. The molecule has 0 radical (unpaired) electrons. The van der Waals surface area contributed by atoms with E-state index in [9.17, 15) is 10.1 Å². The van der Waals surface area contributed by atoms with E-state index in [1.54, 1.807) is 12.1 Å². The summed E-state index contributed by atoms with van der Waals surface area (Å²) in [5, 5.41) is 12.6. The number of nitrogens with one attached hydrogen (secondary N) is 1. The maximum atomic E-state index is 12.4. The average Bonchev–Trinajstić information content (AvgIpc) is 2.65. The number of carbonyl (C=O) groups excluding carboxylic acids is 1. The standard InChI is InChI=1S/C20H21N3O/c21-16-20(22-19(24)18-9-5-2-6-10-18)11-13-23(14-12-20)15-17-7-3-1-4-8-17/h1-10H,11-15H2,(H,22,24). The molecule has 0 saturated carbocycles. The quantitative estimate of drug-likeness (QED) is 0.942. The van der Waals surface area contributed by atoms with Crippen LogP contribution in [0.2, 0.25) is 0 Å². The summed E-state index contributed by atoms with van der Waals surface area (Å²) in [5.74, 6) is -0.173. The Hall–Kier alpha value is -2.64. The molecule has 2 aromatic carbocycles. The van der Waals surface area contributed by atoms with E-state index in [0.29, 0.717) is 18.4 Å². The van der Waals surface area contributed by atoms with E-state index in [-0.39, 0.29) is 5.91 Å². The van der Waals surface area contributed by atoms with Crippen LogP contribution >= 0.6 is 0 Å². The highest BCUT2D eigenvalue weighted by atomic mass is 16.1. The Bertz CT molecular complexity index is 714. The first-order chi connectivity index (χ1) is 11.7. The van der Waals surface area contributed by atoms with Gasteiger partial charge in [0.2, 0.25) is 0 Å². The maximum absolute atomic E-state index is 12.4. The smallest absolute Gasteiger partial charge is 0.252 e. The van der Waals surface area contributed by atoms with Crippen molar-refractivity contribution in [1.29, 1.82) is 5.26 Å². The van der Waals surface area contributed by atoms with Crippen LogP contribution in [-0.4, -0.2) is 29.4 Å². The van der Waals surface area contributed by atoms with E-state index in [2.05, 4.69) is 28.4 Å². The molecule has 1 amide bonds. The van der Waals surface area contributed by atoms with Crippen LogP contribution < -0.4 is 5.32 Å². The van der Waals surface area contributed by atoms with Crippen molar-refractivity contribution in [2.45, 2.75) is 24.9 Å². The minimum atomic E-state index is -0.764. The topological polar surface area (TPSA) is 56.1 Å². The van der Waals surface area contributed by atoms with Gasteiger partial charge in [0, 0.05) is 25.2 Å². The zero-order valence-corrected chi connectivity index (χ0v) is 13.6. The van der Waals surface area contributed by atoms with Crippen molar-refractivity contribution in [3.8, 4) is 6.07 Å². The van der Waals surface area contributed by atoms with Gasteiger partial charge in [-0.15, -0.1) is 0 Å². The van der Waals surface area contributed by atoms with E-state index < -0.39 is 5.54 Å². The highest BCUT2D eigenvalue weighted by Crippen LogP contribution is 2.23. The number of rotatable bonds is 4. The molecule has 4 heteroatoms. The van der Waals surface area contributed by atoms with Gasteiger partial charge in [-0.1, -0.05) is 48.5 Å². The van der Waals surface area contributed by atoms with Gasteiger partial charge in [-0.05, 0) is 30.5 Å². The van der Waals surface area contributed by atoms with Gasteiger partial charge in [0.15, 0.2) is 0 Å². The number of nitriles is 1. The van der Waals surface area contributed by atoms with Gasteiger partial charge < -0.3 is 5.32 Å². The summed E-state index contributed by atoms with van der Waals surface area (Å²) in [4.78, 5) is 14.7. The molecule has 0 unspecified atom stereocenters. The van der Waals surface area contributed by atoms with E-state index in [4.69, 9.17) is 0 Å². The summed E-state index contributed by atoms with van der Waals surface area (Å²) in [6.07, 6.45) is 1.30.